The lowest BCUT2D eigenvalue weighted by Gasteiger charge is -2.17. The summed E-state index contributed by atoms with van der Waals surface area (Å²) >= 11 is 6.16. The lowest BCUT2D eigenvalue weighted by molar-refractivity contribution is -0.0515. The summed E-state index contributed by atoms with van der Waals surface area (Å²) in [4.78, 5) is 4.00. The minimum absolute atomic E-state index is 0.0327. The van der Waals surface area contributed by atoms with Crippen molar-refractivity contribution in [2.45, 2.75) is 38.9 Å². The number of aromatic nitrogens is 1. The van der Waals surface area contributed by atoms with Crippen molar-refractivity contribution >= 4 is 11.6 Å². The Morgan fingerprint density at radius 2 is 2.04 bits per heavy atom. The third-order valence-electron chi connectivity index (χ3n) is 4.36. The number of benzene rings is 1. The summed E-state index contributed by atoms with van der Waals surface area (Å²) in [6.07, 6.45) is 4.78. The van der Waals surface area contributed by atoms with Gasteiger partial charge in [0.15, 0.2) is 11.5 Å². The van der Waals surface area contributed by atoms with E-state index in [1.165, 1.54) is 12.3 Å². The monoisotopic (exact) mass is 383 g/mol. The number of aliphatic hydroxyl groups excluding tert-OH is 1. The molecule has 0 unspecified atom stereocenters. The number of halogens is 3. The van der Waals surface area contributed by atoms with Crippen molar-refractivity contribution in [1.29, 1.82) is 0 Å². The standard InChI is InChI=1S/C19H20ClF2NO3/c1-11-8-23-9-15(20)14(11)7-16(24)13-4-5-17(26-19(21)22)18(6-13)25-10-12-2-3-12/h4-6,8-9,12,16,19,24H,2-3,7,10H2,1H3/t16-/m0/s1. The van der Waals surface area contributed by atoms with Crippen molar-refractivity contribution in [3.63, 3.8) is 0 Å². The van der Waals surface area contributed by atoms with Crippen molar-refractivity contribution in [1.82, 2.24) is 4.98 Å². The molecule has 1 fully saturated rings. The lowest BCUT2D eigenvalue weighted by Crippen LogP contribution is -2.08. The SMILES string of the molecule is Cc1cncc(Cl)c1C[C@H](O)c1ccc(OC(F)F)c(OCC2CC2)c1. The molecule has 1 N–H and O–H groups in total. The van der Waals surface area contributed by atoms with Gasteiger partial charge in [-0.1, -0.05) is 17.7 Å². The number of hydrogen-bond donors (Lipinski definition) is 1. The van der Waals surface area contributed by atoms with Crippen molar-refractivity contribution in [2.75, 3.05) is 6.61 Å². The lowest BCUT2D eigenvalue weighted by atomic mass is 9.99. The molecule has 7 heteroatoms. The second kappa shape index (κ2) is 8.18. The van der Waals surface area contributed by atoms with Gasteiger partial charge < -0.3 is 14.6 Å². The molecule has 0 aliphatic heterocycles. The van der Waals surface area contributed by atoms with Crippen LogP contribution in [0.4, 0.5) is 8.78 Å². The number of pyridine rings is 1. The Bertz CT molecular complexity index is 748. The third-order valence-corrected chi connectivity index (χ3v) is 4.68. The van der Waals surface area contributed by atoms with Crippen molar-refractivity contribution in [3.8, 4) is 11.5 Å². The Morgan fingerprint density at radius 1 is 1.27 bits per heavy atom. The molecule has 1 aliphatic carbocycles. The Labute approximate surface area is 155 Å². The minimum atomic E-state index is -2.94. The van der Waals surface area contributed by atoms with E-state index >= 15 is 0 Å². The Morgan fingerprint density at radius 3 is 2.69 bits per heavy atom. The van der Waals surface area contributed by atoms with Crippen LogP contribution >= 0.6 is 11.6 Å². The van der Waals surface area contributed by atoms with Gasteiger partial charge in [-0.15, -0.1) is 0 Å². The van der Waals surface area contributed by atoms with E-state index in [0.29, 0.717) is 23.1 Å². The van der Waals surface area contributed by atoms with Crippen LogP contribution in [-0.2, 0) is 6.42 Å². The first-order valence-corrected chi connectivity index (χ1v) is 8.80. The molecule has 0 bridgehead atoms. The van der Waals surface area contributed by atoms with Crippen LogP contribution in [0.5, 0.6) is 11.5 Å². The van der Waals surface area contributed by atoms with E-state index in [4.69, 9.17) is 16.3 Å². The third kappa shape index (κ3) is 4.83. The number of hydrogen-bond acceptors (Lipinski definition) is 4. The highest BCUT2D eigenvalue weighted by Crippen LogP contribution is 2.36. The molecule has 1 aromatic carbocycles. The molecule has 4 nitrogen and oxygen atoms in total. The molecular formula is C19H20ClF2NO3. The molecular weight excluding hydrogens is 364 g/mol. The molecule has 2 aromatic rings. The van der Waals surface area contributed by atoms with E-state index in [0.717, 1.165) is 24.0 Å². The molecule has 1 aliphatic rings. The average molecular weight is 384 g/mol. The summed E-state index contributed by atoms with van der Waals surface area (Å²) in [5, 5.41) is 11.1. The molecule has 3 rings (SSSR count). The van der Waals surface area contributed by atoms with Gasteiger partial charge in [0.25, 0.3) is 0 Å². The molecule has 0 radical (unpaired) electrons. The van der Waals surface area contributed by atoms with Gasteiger partial charge in [-0.05, 0) is 54.5 Å². The zero-order chi connectivity index (χ0) is 18.7. The van der Waals surface area contributed by atoms with Gasteiger partial charge in [-0.2, -0.15) is 8.78 Å². The van der Waals surface area contributed by atoms with Crippen LogP contribution < -0.4 is 9.47 Å². The summed E-state index contributed by atoms with van der Waals surface area (Å²) < 4.78 is 35.4. The molecule has 140 valence electrons. The molecule has 26 heavy (non-hydrogen) atoms. The van der Waals surface area contributed by atoms with Crippen LogP contribution in [-0.4, -0.2) is 23.3 Å². The van der Waals surface area contributed by atoms with Crippen LogP contribution in [0.15, 0.2) is 30.6 Å². The van der Waals surface area contributed by atoms with Gasteiger partial charge in [-0.25, -0.2) is 0 Å². The highest BCUT2D eigenvalue weighted by molar-refractivity contribution is 6.31. The summed E-state index contributed by atoms with van der Waals surface area (Å²) in [6.45, 7) is -0.619. The normalized spacial score (nSPS) is 15.2. The van der Waals surface area contributed by atoms with Crippen molar-refractivity contribution < 1.29 is 23.4 Å². The highest BCUT2D eigenvalue weighted by Gasteiger charge is 2.24. The van der Waals surface area contributed by atoms with Gasteiger partial charge in [0, 0.05) is 18.8 Å². The fourth-order valence-electron chi connectivity index (χ4n) is 2.66. The van der Waals surface area contributed by atoms with Crippen molar-refractivity contribution in [2.24, 2.45) is 5.92 Å². The van der Waals surface area contributed by atoms with Gasteiger partial charge in [0.05, 0.1) is 17.7 Å². The van der Waals surface area contributed by atoms with Crippen LogP contribution in [0.3, 0.4) is 0 Å². The van der Waals surface area contributed by atoms with Gasteiger partial charge in [0.1, 0.15) is 0 Å². The van der Waals surface area contributed by atoms with Crippen molar-refractivity contribution in [3.05, 3.63) is 52.3 Å². The molecule has 0 saturated heterocycles. The zero-order valence-corrected chi connectivity index (χ0v) is 15.0. The van der Waals surface area contributed by atoms with E-state index in [1.807, 2.05) is 6.92 Å². The maximum atomic E-state index is 12.6. The van der Waals surface area contributed by atoms with Gasteiger partial charge >= 0.3 is 6.61 Å². The Hall–Kier alpha value is -1.92. The van der Waals surface area contributed by atoms with Gasteiger partial charge in [0.2, 0.25) is 0 Å². The Kier molecular flexibility index (Phi) is 5.94. The predicted molar refractivity (Wildman–Crippen MR) is 93.9 cm³/mol. The van der Waals surface area contributed by atoms with E-state index in [9.17, 15) is 13.9 Å². The summed E-state index contributed by atoms with van der Waals surface area (Å²) in [5.74, 6) is 0.641. The summed E-state index contributed by atoms with van der Waals surface area (Å²) in [7, 11) is 0. The summed E-state index contributed by atoms with van der Waals surface area (Å²) in [5.41, 5.74) is 2.21. The number of rotatable bonds is 8. The van der Waals surface area contributed by atoms with Crippen LogP contribution in [0.1, 0.15) is 35.6 Å². The van der Waals surface area contributed by atoms with Crippen LogP contribution in [0.25, 0.3) is 0 Å². The van der Waals surface area contributed by atoms with E-state index in [1.54, 1.807) is 18.3 Å². The highest BCUT2D eigenvalue weighted by atomic mass is 35.5. The van der Waals surface area contributed by atoms with Crippen LogP contribution in [0, 0.1) is 12.8 Å². The fraction of sp³-hybridized carbons (Fsp3) is 0.421. The molecule has 1 atom stereocenters. The molecule has 0 spiro atoms. The second-order valence-electron chi connectivity index (χ2n) is 6.48. The van der Waals surface area contributed by atoms with E-state index in [2.05, 4.69) is 9.72 Å². The molecule has 1 heterocycles. The smallest absolute Gasteiger partial charge is 0.387 e. The first kappa shape index (κ1) is 18.9. The maximum Gasteiger partial charge on any atom is 0.387 e. The number of alkyl halides is 2. The minimum Gasteiger partial charge on any atom is -0.489 e. The first-order valence-electron chi connectivity index (χ1n) is 8.42. The predicted octanol–water partition coefficient (Wildman–Crippen LogP) is 4.71. The van der Waals surface area contributed by atoms with E-state index in [-0.39, 0.29) is 17.9 Å². The number of aliphatic hydroxyl groups is 1. The van der Waals surface area contributed by atoms with E-state index < -0.39 is 12.7 Å². The fourth-order valence-corrected chi connectivity index (χ4v) is 2.94. The quantitative estimate of drug-likeness (QED) is 0.717. The largest absolute Gasteiger partial charge is 0.489 e. The average Bonchev–Trinajstić information content (AvgIpc) is 3.41. The second-order valence-corrected chi connectivity index (χ2v) is 6.88. The Balaban J connectivity index is 1.80. The zero-order valence-electron chi connectivity index (χ0n) is 14.3. The number of ether oxygens (including phenoxy) is 2. The molecule has 0 amide bonds. The number of aryl methyl sites for hydroxylation is 1. The van der Waals surface area contributed by atoms with Gasteiger partial charge in [-0.3, -0.25) is 4.98 Å². The maximum absolute atomic E-state index is 12.6. The molecule has 1 aromatic heterocycles. The number of nitrogens with zero attached hydrogens (tertiary/aromatic N) is 1. The van der Waals surface area contributed by atoms with Crippen LogP contribution in [0.2, 0.25) is 5.02 Å². The molecule has 1 saturated carbocycles. The topological polar surface area (TPSA) is 51.6 Å². The first-order chi connectivity index (χ1) is 12.4. The summed E-state index contributed by atoms with van der Waals surface area (Å²) in [6, 6.07) is 4.50.